The maximum Gasteiger partial charge on any atom is 0.223 e. The van der Waals surface area contributed by atoms with Crippen molar-refractivity contribution >= 4 is 5.91 Å². The van der Waals surface area contributed by atoms with Crippen molar-refractivity contribution in [1.29, 1.82) is 0 Å². The molecule has 0 aromatic heterocycles. The Labute approximate surface area is 103 Å². The molecule has 0 radical (unpaired) electrons. The Balaban J connectivity index is 1.91. The average Bonchev–Trinajstić information content (AvgIpc) is 2.21. The molecule has 1 aliphatic carbocycles. The number of aliphatic hydroxyl groups is 1. The molecule has 0 aromatic rings. The van der Waals surface area contributed by atoms with Crippen LogP contribution in [0.3, 0.4) is 0 Å². The summed E-state index contributed by atoms with van der Waals surface area (Å²) in [7, 11) is 0. The van der Waals surface area contributed by atoms with Crippen LogP contribution in [0.4, 0.5) is 0 Å². The zero-order valence-electron chi connectivity index (χ0n) is 10.7. The number of amides is 1. The van der Waals surface area contributed by atoms with Gasteiger partial charge < -0.3 is 15.7 Å². The molecular weight excluding hydrogens is 216 g/mol. The van der Waals surface area contributed by atoms with Gasteiger partial charge in [-0.3, -0.25) is 4.79 Å². The number of likely N-dealkylation sites (tertiary alicyclic amines) is 1. The van der Waals surface area contributed by atoms with Gasteiger partial charge in [0.25, 0.3) is 0 Å². The van der Waals surface area contributed by atoms with Crippen molar-refractivity contribution in [1.82, 2.24) is 4.90 Å². The van der Waals surface area contributed by atoms with Crippen LogP contribution in [-0.4, -0.2) is 41.1 Å². The van der Waals surface area contributed by atoms with E-state index < -0.39 is 5.60 Å². The van der Waals surface area contributed by atoms with Crippen LogP contribution < -0.4 is 5.73 Å². The van der Waals surface area contributed by atoms with E-state index in [9.17, 15) is 9.90 Å². The average molecular weight is 240 g/mol. The number of nitrogens with zero attached hydrogens (tertiary/aromatic N) is 1. The molecule has 1 aliphatic heterocycles. The third-order valence-electron chi connectivity index (χ3n) is 4.40. The lowest BCUT2D eigenvalue weighted by Gasteiger charge is -2.43. The first-order valence-corrected chi connectivity index (χ1v) is 6.67. The zero-order chi connectivity index (χ0) is 12.5. The van der Waals surface area contributed by atoms with Gasteiger partial charge in [0.15, 0.2) is 0 Å². The Bertz CT molecular complexity index is 292. The summed E-state index contributed by atoms with van der Waals surface area (Å²) in [6.45, 7) is 3.69. The SMILES string of the molecule is CC1(O)CCCN(C(=O)CC2(CN)CCC2)C1. The maximum atomic E-state index is 12.2. The lowest BCUT2D eigenvalue weighted by atomic mass is 9.66. The molecule has 4 heteroatoms. The van der Waals surface area contributed by atoms with Crippen LogP contribution in [0.2, 0.25) is 0 Å². The Morgan fingerprint density at radius 2 is 2.06 bits per heavy atom. The summed E-state index contributed by atoms with van der Waals surface area (Å²) in [4.78, 5) is 14.0. The van der Waals surface area contributed by atoms with Crippen molar-refractivity contribution in [2.45, 2.75) is 51.0 Å². The van der Waals surface area contributed by atoms with Gasteiger partial charge in [-0.25, -0.2) is 0 Å². The van der Waals surface area contributed by atoms with Gasteiger partial charge in [-0.2, -0.15) is 0 Å². The fourth-order valence-electron chi connectivity index (χ4n) is 3.00. The van der Waals surface area contributed by atoms with Crippen LogP contribution in [0, 0.1) is 5.41 Å². The van der Waals surface area contributed by atoms with E-state index in [1.54, 1.807) is 0 Å². The minimum Gasteiger partial charge on any atom is -0.388 e. The fraction of sp³-hybridized carbons (Fsp3) is 0.923. The zero-order valence-corrected chi connectivity index (χ0v) is 10.7. The van der Waals surface area contributed by atoms with Crippen LogP contribution in [0.1, 0.15) is 45.4 Å². The highest BCUT2D eigenvalue weighted by atomic mass is 16.3. The number of carbonyl (C=O) groups is 1. The molecule has 1 unspecified atom stereocenters. The van der Waals surface area contributed by atoms with E-state index >= 15 is 0 Å². The first kappa shape index (κ1) is 12.8. The number of hydrogen-bond acceptors (Lipinski definition) is 3. The fourth-order valence-corrected chi connectivity index (χ4v) is 3.00. The minimum absolute atomic E-state index is 0.0698. The third kappa shape index (κ3) is 2.80. The quantitative estimate of drug-likeness (QED) is 0.769. The van der Waals surface area contributed by atoms with Crippen LogP contribution in [0.5, 0.6) is 0 Å². The van der Waals surface area contributed by atoms with Crippen LogP contribution >= 0.6 is 0 Å². The predicted molar refractivity (Wildman–Crippen MR) is 66.4 cm³/mol. The van der Waals surface area contributed by atoms with E-state index in [4.69, 9.17) is 5.73 Å². The van der Waals surface area contributed by atoms with Crippen molar-refractivity contribution in [3.8, 4) is 0 Å². The normalized spacial score (nSPS) is 32.1. The van der Waals surface area contributed by atoms with E-state index in [1.807, 2.05) is 11.8 Å². The summed E-state index contributed by atoms with van der Waals surface area (Å²) in [5, 5.41) is 10.0. The smallest absolute Gasteiger partial charge is 0.223 e. The Morgan fingerprint density at radius 1 is 1.35 bits per heavy atom. The molecule has 1 amide bonds. The molecular formula is C13H24N2O2. The van der Waals surface area contributed by atoms with Crippen molar-refractivity contribution in [2.75, 3.05) is 19.6 Å². The molecule has 4 nitrogen and oxygen atoms in total. The van der Waals surface area contributed by atoms with E-state index in [-0.39, 0.29) is 11.3 Å². The van der Waals surface area contributed by atoms with Gasteiger partial charge in [0.05, 0.1) is 5.60 Å². The summed E-state index contributed by atoms with van der Waals surface area (Å²) in [5.41, 5.74) is 5.14. The lowest BCUT2D eigenvalue weighted by molar-refractivity contribution is -0.141. The summed E-state index contributed by atoms with van der Waals surface area (Å²) in [5.74, 6) is 0.176. The van der Waals surface area contributed by atoms with E-state index in [0.29, 0.717) is 19.5 Å². The molecule has 17 heavy (non-hydrogen) atoms. The van der Waals surface area contributed by atoms with Crippen molar-refractivity contribution < 1.29 is 9.90 Å². The highest BCUT2D eigenvalue weighted by molar-refractivity contribution is 5.77. The number of hydrogen-bond donors (Lipinski definition) is 2. The van der Waals surface area contributed by atoms with Gasteiger partial charge in [0.2, 0.25) is 5.91 Å². The molecule has 1 saturated carbocycles. The molecule has 1 atom stereocenters. The second kappa shape index (κ2) is 4.58. The van der Waals surface area contributed by atoms with Gasteiger partial charge in [-0.05, 0) is 44.6 Å². The standard InChI is InChI=1S/C13H24N2O2/c1-12(17)4-3-7-15(10-12)11(16)8-13(9-14)5-2-6-13/h17H,2-10,14H2,1H3. The molecule has 1 heterocycles. The summed E-state index contributed by atoms with van der Waals surface area (Å²) >= 11 is 0. The molecule has 2 rings (SSSR count). The van der Waals surface area contributed by atoms with E-state index in [2.05, 4.69) is 0 Å². The van der Waals surface area contributed by atoms with Crippen molar-refractivity contribution in [2.24, 2.45) is 11.1 Å². The molecule has 0 aromatic carbocycles. The Hall–Kier alpha value is -0.610. The number of β-amino-alcohol motifs (C(OH)–C–C–N with tert-alkyl or cyclic N) is 1. The summed E-state index contributed by atoms with van der Waals surface area (Å²) in [6, 6.07) is 0. The maximum absolute atomic E-state index is 12.2. The largest absolute Gasteiger partial charge is 0.388 e. The van der Waals surface area contributed by atoms with Gasteiger partial charge in [-0.15, -0.1) is 0 Å². The summed E-state index contributed by atoms with van der Waals surface area (Å²) < 4.78 is 0. The van der Waals surface area contributed by atoms with Gasteiger partial charge >= 0.3 is 0 Å². The molecule has 0 spiro atoms. The van der Waals surface area contributed by atoms with Gasteiger partial charge in [0.1, 0.15) is 0 Å². The van der Waals surface area contributed by atoms with Crippen LogP contribution in [0.15, 0.2) is 0 Å². The Morgan fingerprint density at radius 3 is 2.53 bits per heavy atom. The van der Waals surface area contributed by atoms with Gasteiger partial charge in [0, 0.05) is 19.5 Å². The molecule has 2 aliphatic rings. The second-order valence-electron chi connectivity index (χ2n) is 6.15. The number of nitrogens with two attached hydrogens (primary N) is 1. The summed E-state index contributed by atoms with van der Waals surface area (Å²) in [6.07, 6.45) is 5.62. The molecule has 2 fully saturated rings. The van der Waals surface area contributed by atoms with Crippen molar-refractivity contribution in [3.05, 3.63) is 0 Å². The first-order valence-electron chi connectivity index (χ1n) is 6.67. The molecule has 1 saturated heterocycles. The monoisotopic (exact) mass is 240 g/mol. The highest BCUT2D eigenvalue weighted by Gasteiger charge is 2.40. The number of carbonyl (C=O) groups excluding carboxylic acids is 1. The van der Waals surface area contributed by atoms with Crippen LogP contribution in [-0.2, 0) is 4.79 Å². The molecule has 3 N–H and O–H groups in total. The number of piperidine rings is 1. The molecule has 98 valence electrons. The topological polar surface area (TPSA) is 66.6 Å². The number of rotatable bonds is 3. The second-order valence-corrected chi connectivity index (χ2v) is 6.15. The van der Waals surface area contributed by atoms with E-state index in [1.165, 1.54) is 6.42 Å². The van der Waals surface area contributed by atoms with Crippen molar-refractivity contribution in [3.63, 3.8) is 0 Å². The van der Waals surface area contributed by atoms with Crippen LogP contribution in [0.25, 0.3) is 0 Å². The lowest BCUT2D eigenvalue weighted by Crippen LogP contribution is -2.51. The molecule has 0 bridgehead atoms. The highest BCUT2D eigenvalue weighted by Crippen LogP contribution is 2.43. The van der Waals surface area contributed by atoms with Gasteiger partial charge in [-0.1, -0.05) is 6.42 Å². The predicted octanol–water partition coefficient (Wildman–Crippen LogP) is 0.879. The van der Waals surface area contributed by atoms with E-state index in [0.717, 1.165) is 32.2 Å². The third-order valence-corrected chi connectivity index (χ3v) is 4.40. The Kier molecular flexibility index (Phi) is 3.46. The minimum atomic E-state index is -0.705. The first-order chi connectivity index (χ1) is 7.96.